The van der Waals surface area contributed by atoms with E-state index in [2.05, 4.69) is 20.1 Å². The molecule has 0 nitrogen and oxygen atoms in total. The molecule has 21 heavy (non-hydrogen) atoms. The van der Waals surface area contributed by atoms with Crippen LogP contribution in [0.15, 0.2) is 0 Å². The number of hydrogen-bond donors (Lipinski definition) is 0. The van der Waals surface area contributed by atoms with Gasteiger partial charge in [0.2, 0.25) is 0 Å². The van der Waals surface area contributed by atoms with E-state index in [-0.39, 0.29) is 4.84 Å². The molecule has 0 aliphatic heterocycles. The summed E-state index contributed by atoms with van der Waals surface area (Å²) in [5, 5.41) is 0.614. The van der Waals surface area contributed by atoms with E-state index in [1.807, 2.05) is 21.6 Å². The van der Waals surface area contributed by atoms with Crippen molar-refractivity contribution in [3.8, 4) is 0 Å². The van der Waals surface area contributed by atoms with Gasteiger partial charge in [0.15, 0.2) is 0 Å². The van der Waals surface area contributed by atoms with Crippen molar-refractivity contribution in [2.75, 3.05) is 6.26 Å². The fourth-order valence-electron chi connectivity index (χ4n) is 2.79. The number of hydrogen-bond acceptors (Lipinski definition) is 2. The Morgan fingerprint density at radius 3 is 1.71 bits per heavy atom. The Kier molecular flexibility index (Phi) is 17.1. The average Bonchev–Trinajstić information content (AvgIpc) is 2.45. The van der Waals surface area contributed by atoms with E-state index in [1.54, 1.807) is 0 Å². The smallest absolute Gasteiger partial charge is 0.105 e. The minimum atomic E-state index is -0.219. The Hall–Kier alpha value is 1.28. The molecule has 128 valence electrons. The van der Waals surface area contributed by atoms with Crippen LogP contribution in [0.5, 0.6) is 0 Å². The van der Waals surface area contributed by atoms with E-state index in [4.69, 9.17) is 23.2 Å². The van der Waals surface area contributed by atoms with Crippen LogP contribution in [0, 0.1) is 5.92 Å². The second-order valence-corrected chi connectivity index (χ2v) is 9.87. The van der Waals surface area contributed by atoms with Crippen LogP contribution in [-0.2, 0) is 0 Å². The van der Waals surface area contributed by atoms with Gasteiger partial charge in [-0.3, -0.25) is 0 Å². The van der Waals surface area contributed by atoms with Gasteiger partial charge in [-0.25, -0.2) is 0 Å². The van der Waals surface area contributed by atoms with Crippen LogP contribution in [0.1, 0.15) is 84.5 Å². The van der Waals surface area contributed by atoms with Gasteiger partial charge in [-0.1, -0.05) is 86.8 Å². The highest BCUT2D eigenvalue weighted by atomic mass is 35.5. The first-order valence-corrected chi connectivity index (χ1v) is 12.1. The van der Waals surface area contributed by atoms with Crippen LogP contribution >= 0.6 is 44.8 Å². The number of alkyl halides is 2. The van der Waals surface area contributed by atoms with Crippen LogP contribution in [0.3, 0.4) is 0 Å². The molecule has 0 bridgehead atoms. The number of halogens is 2. The van der Waals surface area contributed by atoms with Crippen molar-refractivity contribution in [1.29, 1.82) is 0 Å². The van der Waals surface area contributed by atoms with Crippen LogP contribution in [0.25, 0.3) is 0 Å². The van der Waals surface area contributed by atoms with E-state index in [0.717, 1.165) is 12.3 Å². The monoisotopic (exact) mass is 372 g/mol. The molecule has 0 N–H and O–H groups in total. The van der Waals surface area contributed by atoms with Gasteiger partial charge in [-0.15, -0.1) is 23.2 Å². The van der Waals surface area contributed by atoms with Gasteiger partial charge in [0, 0.05) is 5.25 Å². The predicted molar refractivity (Wildman–Crippen MR) is 106 cm³/mol. The lowest BCUT2D eigenvalue weighted by molar-refractivity contribution is 0.388. The molecule has 0 aromatic carbocycles. The topological polar surface area (TPSA) is 0 Å². The Balaban J connectivity index is 4.33. The van der Waals surface area contributed by atoms with Gasteiger partial charge in [-0.2, -0.15) is 0 Å². The predicted octanol–water partition coefficient (Wildman–Crippen LogP) is 8.12. The standard InChI is InChI=1S/C17H34Cl2S2/c1-4-6-8-10-12-15(13-11-9-7-5-2)16(21-20-3)14-17(18)19/h15-17H,4-14H2,1-3H3/t16-/m0/s1. The van der Waals surface area contributed by atoms with Gasteiger partial charge >= 0.3 is 0 Å². The zero-order chi connectivity index (χ0) is 15.9. The summed E-state index contributed by atoms with van der Waals surface area (Å²) < 4.78 is 0. The zero-order valence-corrected chi connectivity index (χ0v) is 17.2. The van der Waals surface area contributed by atoms with Crippen LogP contribution in [0.4, 0.5) is 0 Å². The molecule has 0 heterocycles. The Morgan fingerprint density at radius 1 is 0.810 bits per heavy atom. The maximum atomic E-state index is 6.06. The third-order valence-corrected chi connectivity index (χ3v) is 6.71. The van der Waals surface area contributed by atoms with Gasteiger partial charge in [0.1, 0.15) is 4.84 Å². The highest BCUT2D eigenvalue weighted by Crippen LogP contribution is 2.38. The van der Waals surface area contributed by atoms with Gasteiger partial charge in [-0.05, 0) is 31.4 Å². The second kappa shape index (κ2) is 16.1. The molecule has 0 saturated heterocycles. The second-order valence-electron chi connectivity index (χ2n) is 5.89. The summed E-state index contributed by atoms with van der Waals surface area (Å²) in [5.41, 5.74) is 0. The third kappa shape index (κ3) is 13.4. The average molecular weight is 373 g/mol. The molecule has 0 aliphatic rings. The SMILES string of the molecule is CCCCCCC(CCCCCC)[C@H](CC(Cl)Cl)SSC. The summed E-state index contributed by atoms with van der Waals surface area (Å²) in [4.78, 5) is -0.219. The summed E-state index contributed by atoms with van der Waals surface area (Å²) in [7, 11) is 3.86. The first-order valence-electron chi connectivity index (χ1n) is 8.63. The number of rotatable bonds is 15. The fraction of sp³-hybridized carbons (Fsp3) is 1.00. The molecular weight excluding hydrogens is 339 g/mol. The summed E-state index contributed by atoms with van der Waals surface area (Å²) >= 11 is 12.1. The summed E-state index contributed by atoms with van der Waals surface area (Å²) in [5.74, 6) is 0.788. The molecule has 1 atom stereocenters. The van der Waals surface area contributed by atoms with Crippen molar-refractivity contribution in [3.05, 3.63) is 0 Å². The van der Waals surface area contributed by atoms with E-state index in [9.17, 15) is 0 Å². The summed E-state index contributed by atoms with van der Waals surface area (Å²) in [6.45, 7) is 4.56. The molecule has 0 fully saturated rings. The molecule has 0 aromatic rings. The number of unbranched alkanes of at least 4 members (excludes halogenated alkanes) is 6. The van der Waals surface area contributed by atoms with Crippen molar-refractivity contribution in [2.24, 2.45) is 5.92 Å². The van der Waals surface area contributed by atoms with Gasteiger partial charge < -0.3 is 0 Å². The lowest BCUT2D eigenvalue weighted by Gasteiger charge is -2.27. The van der Waals surface area contributed by atoms with E-state index >= 15 is 0 Å². The van der Waals surface area contributed by atoms with Crippen molar-refractivity contribution >= 4 is 44.8 Å². The molecular formula is C17H34Cl2S2. The summed E-state index contributed by atoms with van der Waals surface area (Å²) in [6.07, 6.45) is 16.7. The molecule has 0 rings (SSSR count). The van der Waals surface area contributed by atoms with E-state index in [0.29, 0.717) is 5.25 Å². The lowest BCUT2D eigenvalue weighted by Crippen LogP contribution is -2.19. The maximum Gasteiger partial charge on any atom is 0.108 e. The first kappa shape index (κ1) is 22.3. The molecule has 4 heteroatoms. The van der Waals surface area contributed by atoms with Crippen LogP contribution in [0.2, 0.25) is 0 Å². The third-order valence-electron chi connectivity index (χ3n) is 4.01. The van der Waals surface area contributed by atoms with Crippen molar-refractivity contribution < 1.29 is 0 Å². The normalized spacial score (nSPS) is 13.3. The highest BCUT2D eigenvalue weighted by Gasteiger charge is 2.23. The van der Waals surface area contributed by atoms with Crippen LogP contribution in [-0.4, -0.2) is 16.3 Å². The zero-order valence-electron chi connectivity index (χ0n) is 14.1. The molecule has 0 spiro atoms. The van der Waals surface area contributed by atoms with Crippen LogP contribution < -0.4 is 0 Å². The Bertz CT molecular complexity index is 201. The van der Waals surface area contributed by atoms with Crippen molar-refractivity contribution in [3.63, 3.8) is 0 Å². The molecule has 0 unspecified atom stereocenters. The Labute approximate surface area is 151 Å². The molecule has 0 aliphatic carbocycles. The lowest BCUT2D eigenvalue weighted by atomic mass is 9.90. The summed E-state index contributed by atoms with van der Waals surface area (Å²) in [6, 6.07) is 0. The van der Waals surface area contributed by atoms with Crippen molar-refractivity contribution in [1.82, 2.24) is 0 Å². The van der Waals surface area contributed by atoms with Gasteiger partial charge in [0.05, 0.1) is 0 Å². The molecule has 0 saturated carbocycles. The Morgan fingerprint density at radius 2 is 1.33 bits per heavy atom. The first-order chi connectivity index (χ1) is 10.2. The maximum absolute atomic E-state index is 6.06. The fourth-order valence-corrected chi connectivity index (χ4v) is 5.78. The highest BCUT2D eigenvalue weighted by molar-refractivity contribution is 8.76. The van der Waals surface area contributed by atoms with Crippen molar-refractivity contribution in [2.45, 2.75) is 94.6 Å². The molecule has 0 radical (unpaired) electrons. The quantitative estimate of drug-likeness (QED) is 0.161. The molecule has 0 amide bonds. The van der Waals surface area contributed by atoms with E-state index < -0.39 is 0 Å². The van der Waals surface area contributed by atoms with E-state index in [1.165, 1.54) is 64.2 Å². The minimum Gasteiger partial charge on any atom is -0.105 e. The largest absolute Gasteiger partial charge is 0.108 e. The van der Waals surface area contributed by atoms with Gasteiger partial charge in [0.25, 0.3) is 0 Å². The molecule has 0 aromatic heterocycles. The minimum absolute atomic E-state index is 0.219.